The van der Waals surface area contributed by atoms with Gasteiger partial charge in [-0.1, -0.05) is 0 Å². The quantitative estimate of drug-likeness (QED) is 0.876. The molecule has 0 bridgehead atoms. The van der Waals surface area contributed by atoms with Crippen molar-refractivity contribution >= 4 is 11.6 Å². The molecule has 0 atom stereocenters. The lowest BCUT2D eigenvalue weighted by atomic mass is 9.89. The molecule has 0 unspecified atom stereocenters. The molecule has 1 heterocycles. The Balaban J connectivity index is 1.50. The van der Waals surface area contributed by atoms with Crippen LogP contribution in [0.4, 0.5) is 14.5 Å². The molecule has 3 rings (SSSR count). The van der Waals surface area contributed by atoms with Crippen LogP contribution in [-0.2, 0) is 4.79 Å². The number of rotatable bonds is 4. The van der Waals surface area contributed by atoms with Crippen molar-refractivity contribution in [2.24, 2.45) is 5.92 Å². The number of anilines is 1. The van der Waals surface area contributed by atoms with E-state index in [1.54, 1.807) is 0 Å². The molecular formula is C14H16F2N2O2. The van der Waals surface area contributed by atoms with Crippen LogP contribution in [0.15, 0.2) is 18.2 Å². The summed E-state index contributed by atoms with van der Waals surface area (Å²) in [6.45, 7) is 1.07. The third-order valence-electron chi connectivity index (χ3n) is 3.90. The van der Waals surface area contributed by atoms with E-state index in [2.05, 4.69) is 5.32 Å². The van der Waals surface area contributed by atoms with Crippen molar-refractivity contribution in [2.75, 3.05) is 25.0 Å². The van der Waals surface area contributed by atoms with E-state index in [4.69, 9.17) is 0 Å². The fraction of sp³-hybridized carbons (Fsp3) is 0.500. The summed E-state index contributed by atoms with van der Waals surface area (Å²) in [6.07, 6.45) is 2.11. The minimum absolute atomic E-state index is 0.0330. The molecule has 1 aliphatic carbocycles. The number of β-amino-alcohol motifs (C(OH)–C–C–N with tert-alkyl or cyclic N) is 1. The maximum atomic E-state index is 13.4. The zero-order valence-electron chi connectivity index (χ0n) is 10.9. The maximum absolute atomic E-state index is 13.4. The molecule has 1 aromatic carbocycles. The summed E-state index contributed by atoms with van der Waals surface area (Å²) in [7, 11) is 0. The summed E-state index contributed by atoms with van der Waals surface area (Å²) in [5.41, 5.74) is -0.670. The maximum Gasteiger partial charge on any atom is 0.238 e. The highest BCUT2D eigenvalue weighted by Crippen LogP contribution is 2.44. The highest BCUT2D eigenvalue weighted by Gasteiger charge is 2.51. The van der Waals surface area contributed by atoms with Gasteiger partial charge in [0.1, 0.15) is 11.6 Å². The third kappa shape index (κ3) is 2.66. The largest absolute Gasteiger partial charge is 0.387 e. The molecule has 4 nitrogen and oxygen atoms in total. The Hall–Kier alpha value is -1.53. The van der Waals surface area contributed by atoms with Crippen LogP contribution in [0.2, 0.25) is 0 Å². The third-order valence-corrected chi connectivity index (χ3v) is 3.90. The SMILES string of the molecule is O=C(CN1CC(O)(C2CC2)C1)Nc1ccc(F)cc1F. The van der Waals surface area contributed by atoms with Crippen molar-refractivity contribution in [3.63, 3.8) is 0 Å². The molecule has 0 aromatic heterocycles. The molecule has 1 aliphatic heterocycles. The number of hydrogen-bond donors (Lipinski definition) is 2. The molecular weight excluding hydrogens is 266 g/mol. The molecule has 2 aliphatic rings. The lowest BCUT2D eigenvalue weighted by Gasteiger charge is -2.46. The van der Waals surface area contributed by atoms with E-state index in [-0.39, 0.29) is 18.1 Å². The highest BCUT2D eigenvalue weighted by molar-refractivity contribution is 5.92. The lowest BCUT2D eigenvalue weighted by molar-refractivity contribution is -0.132. The van der Waals surface area contributed by atoms with Crippen LogP contribution in [0.5, 0.6) is 0 Å². The van der Waals surface area contributed by atoms with Gasteiger partial charge in [-0.05, 0) is 30.9 Å². The summed E-state index contributed by atoms with van der Waals surface area (Å²) >= 11 is 0. The molecule has 1 saturated heterocycles. The molecule has 1 amide bonds. The molecule has 0 spiro atoms. The zero-order valence-corrected chi connectivity index (χ0v) is 10.9. The number of amides is 1. The Morgan fingerprint density at radius 2 is 2.10 bits per heavy atom. The van der Waals surface area contributed by atoms with Gasteiger partial charge >= 0.3 is 0 Å². The number of nitrogens with one attached hydrogen (secondary N) is 1. The minimum Gasteiger partial charge on any atom is -0.387 e. The second-order valence-corrected chi connectivity index (χ2v) is 5.70. The van der Waals surface area contributed by atoms with Crippen LogP contribution >= 0.6 is 0 Å². The summed E-state index contributed by atoms with van der Waals surface area (Å²) in [4.78, 5) is 13.6. The first-order chi connectivity index (χ1) is 9.46. The standard InChI is InChI=1S/C14H16F2N2O2/c15-10-3-4-12(11(16)5-10)17-13(19)6-18-7-14(20,8-18)9-1-2-9/h3-5,9,20H,1-2,6-8H2,(H,17,19). The smallest absolute Gasteiger partial charge is 0.238 e. The van der Waals surface area contributed by atoms with Crippen molar-refractivity contribution in [1.82, 2.24) is 4.90 Å². The molecule has 2 N–H and O–H groups in total. The van der Waals surface area contributed by atoms with Gasteiger partial charge in [-0.25, -0.2) is 8.78 Å². The topological polar surface area (TPSA) is 52.6 Å². The predicted octanol–water partition coefficient (Wildman–Crippen LogP) is 1.36. The fourth-order valence-electron chi connectivity index (χ4n) is 2.70. The van der Waals surface area contributed by atoms with E-state index in [0.717, 1.165) is 25.0 Å². The summed E-state index contributed by atoms with van der Waals surface area (Å²) in [6, 6.07) is 3.01. The summed E-state index contributed by atoms with van der Waals surface area (Å²) < 4.78 is 26.1. The van der Waals surface area contributed by atoms with Crippen molar-refractivity contribution in [1.29, 1.82) is 0 Å². The first kappa shape index (κ1) is 13.5. The van der Waals surface area contributed by atoms with E-state index in [0.29, 0.717) is 19.0 Å². The molecule has 6 heteroatoms. The fourth-order valence-corrected chi connectivity index (χ4v) is 2.70. The van der Waals surface area contributed by atoms with Crippen molar-refractivity contribution < 1.29 is 18.7 Å². The Bertz CT molecular complexity index is 540. The van der Waals surface area contributed by atoms with Gasteiger partial charge in [0.15, 0.2) is 0 Å². The van der Waals surface area contributed by atoms with Crippen LogP contribution in [-0.4, -0.2) is 41.1 Å². The van der Waals surface area contributed by atoms with Crippen molar-refractivity contribution in [3.05, 3.63) is 29.8 Å². The van der Waals surface area contributed by atoms with Gasteiger partial charge in [-0.3, -0.25) is 9.69 Å². The average molecular weight is 282 g/mol. The Morgan fingerprint density at radius 1 is 1.40 bits per heavy atom. The van der Waals surface area contributed by atoms with E-state index < -0.39 is 17.2 Å². The van der Waals surface area contributed by atoms with Crippen molar-refractivity contribution in [2.45, 2.75) is 18.4 Å². The van der Waals surface area contributed by atoms with Gasteiger partial charge in [-0.15, -0.1) is 0 Å². The van der Waals surface area contributed by atoms with E-state index in [9.17, 15) is 18.7 Å². The highest BCUT2D eigenvalue weighted by atomic mass is 19.1. The molecule has 2 fully saturated rings. The summed E-state index contributed by atoms with van der Waals surface area (Å²) in [5, 5.41) is 12.5. The Labute approximate surface area is 115 Å². The van der Waals surface area contributed by atoms with Gasteiger partial charge in [0.05, 0.1) is 17.8 Å². The van der Waals surface area contributed by atoms with Crippen LogP contribution < -0.4 is 5.32 Å². The second-order valence-electron chi connectivity index (χ2n) is 5.70. The van der Waals surface area contributed by atoms with Crippen LogP contribution in [0.25, 0.3) is 0 Å². The zero-order chi connectivity index (χ0) is 14.3. The molecule has 108 valence electrons. The van der Waals surface area contributed by atoms with Gasteiger partial charge in [0.2, 0.25) is 5.91 Å². The number of hydrogen-bond acceptors (Lipinski definition) is 3. The molecule has 1 aromatic rings. The van der Waals surface area contributed by atoms with Crippen LogP contribution in [0.3, 0.4) is 0 Å². The van der Waals surface area contributed by atoms with Gasteiger partial charge in [0, 0.05) is 19.2 Å². The Kier molecular flexibility index (Phi) is 3.22. The lowest BCUT2D eigenvalue weighted by Crippen LogP contribution is -2.64. The number of carbonyl (C=O) groups excluding carboxylic acids is 1. The van der Waals surface area contributed by atoms with Gasteiger partial charge in [-0.2, -0.15) is 0 Å². The first-order valence-electron chi connectivity index (χ1n) is 6.66. The van der Waals surface area contributed by atoms with E-state index >= 15 is 0 Å². The number of likely N-dealkylation sites (tertiary alicyclic amines) is 1. The van der Waals surface area contributed by atoms with Crippen LogP contribution in [0.1, 0.15) is 12.8 Å². The minimum atomic E-state index is -0.795. The Morgan fingerprint density at radius 3 is 2.70 bits per heavy atom. The summed E-state index contributed by atoms with van der Waals surface area (Å²) in [5.74, 6) is -1.47. The van der Waals surface area contributed by atoms with Gasteiger partial charge < -0.3 is 10.4 Å². The van der Waals surface area contributed by atoms with E-state index in [1.165, 1.54) is 6.07 Å². The number of carbonyl (C=O) groups is 1. The van der Waals surface area contributed by atoms with E-state index in [1.807, 2.05) is 4.90 Å². The molecule has 0 radical (unpaired) electrons. The number of benzene rings is 1. The van der Waals surface area contributed by atoms with Gasteiger partial charge in [0.25, 0.3) is 0 Å². The average Bonchev–Trinajstić information content (AvgIpc) is 3.15. The first-order valence-corrected chi connectivity index (χ1v) is 6.66. The van der Waals surface area contributed by atoms with Crippen molar-refractivity contribution in [3.8, 4) is 0 Å². The number of aliphatic hydroxyl groups is 1. The number of nitrogens with zero attached hydrogens (tertiary/aromatic N) is 1. The normalized spacial score (nSPS) is 21.4. The predicted molar refractivity (Wildman–Crippen MR) is 69.1 cm³/mol. The number of halogens is 2. The molecule has 20 heavy (non-hydrogen) atoms. The second kappa shape index (κ2) is 4.79. The van der Waals surface area contributed by atoms with Crippen LogP contribution in [0, 0.1) is 17.6 Å². The monoisotopic (exact) mass is 282 g/mol. The molecule has 1 saturated carbocycles.